The Morgan fingerprint density at radius 1 is 1.07 bits per heavy atom. The molecule has 5 nitrogen and oxygen atoms in total. The summed E-state index contributed by atoms with van der Waals surface area (Å²) < 4.78 is 0. The summed E-state index contributed by atoms with van der Waals surface area (Å²) in [6.45, 7) is 8.15. The quantitative estimate of drug-likeness (QED) is 0.585. The van der Waals surface area contributed by atoms with Crippen LogP contribution in [-0.2, 0) is 12.8 Å². The molecule has 1 aliphatic heterocycles. The average molecular weight is 374 g/mol. The summed E-state index contributed by atoms with van der Waals surface area (Å²) in [7, 11) is 0. The molecule has 0 atom stereocenters. The number of amidine groups is 1. The van der Waals surface area contributed by atoms with Gasteiger partial charge in [0.15, 0.2) is 0 Å². The van der Waals surface area contributed by atoms with Gasteiger partial charge in [0.05, 0.1) is 22.1 Å². The van der Waals surface area contributed by atoms with Crippen LogP contribution in [0.2, 0.25) is 0 Å². The number of hydrogen-bond donors (Lipinski definition) is 3. The van der Waals surface area contributed by atoms with Crippen molar-refractivity contribution in [2.75, 3.05) is 4.90 Å². The highest BCUT2D eigenvalue weighted by atomic mass is 16.3. The molecule has 3 N–H and O–H groups in total. The van der Waals surface area contributed by atoms with Gasteiger partial charge in [0, 0.05) is 5.69 Å². The molecule has 28 heavy (non-hydrogen) atoms. The molecule has 0 spiro atoms. The van der Waals surface area contributed by atoms with E-state index in [1.807, 2.05) is 43.0 Å². The van der Waals surface area contributed by atoms with E-state index in [2.05, 4.69) is 42.0 Å². The molecule has 0 radical (unpaired) electrons. The molecule has 5 heteroatoms. The second-order valence-corrected chi connectivity index (χ2v) is 7.78. The van der Waals surface area contributed by atoms with Crippen molar-refractivity contribution >= 4 is 28.1 Å². The Balaban J connectivity index is 1.84. The molecule has 3 aromatic rings. The predicted octanol–water partition coefficient (Wildman–Crippen LogP) is 5.23. The lowest BCUT2D eigenvalue weighted by Gasteiger charge is -2.34. The van der Waals surface area contributed by atoms with Gasteiger partial charge in [-0.25, -0.2) is 4.98 Å². The van der Waals surface area contributed by atoms with E-state index in [-0.39, 0.29) is 11.6 Å². The van der Waals surface area contributed by atoms with Crippen LogP contribution >= 0.6 is 0 Å². The second-order valence-electron chi connectivity index (χ2n) is 7.78. The standard InChI is InChI=1S/C23H26N4O/c1-5-14-11-15(6-2)13-16(12-14)27-21(24)19(20(28)23(27,3)4)22-25-17-9-7-8-10-18(17)26-22/h7-13,24,28H,5-6H2,1-4H3,(H,25,26). The van der Waals surface area contributed by atoms with Crippen LogP contribution in [-0.4, -0.2) is 26.4 Å². The van der Waals surface area contributed by atoms with Crippen molar-refractivity contribution in [3.8, 4) is 0 Å². The topological polar surface area (TPSA) is 76.0 Å². The van der Waals surface area contributed by atoms with Crippen LogP contribution < -0.4 is 4.90 Å². The van der Waals surface area contributed by atoms with Crippen LogP contribution in [0.25, 0.3) is 16.6 Å². The highest BCUT2D eigenvalue weighted by Crippen LogP contribution is 2.42. The number of H-pyrrole nitrogens is 1. The number of aliphatic hydroxyl groups is 1. The number of aromatic nitrogens is 2. The van der Waals surface area contributed by atoms with E-state index >= 15 is 0 Å². The lowest BCUT2D eigenvalue weighted by atomic mass is 9.99. The van der Waals surface area contributed by atoms with Crippen LogP contribution in [0.3, 0.4) is 0 Å². The minimum Gasteiger partial charge on any atom is -0.509 e. The molecule has 0 amide bonds. The number of rotatable bonds is 4. The highest BCUT2D eigenvalue weighted by Gasteiger charge is 2.45. The first kappa shape index (κ1) is 18.3. The Morgan fingerprint density at radius 2 is 1.71 bits per heavy atom. The first-order valence-corrected chi connectivity index (χ1v) is 9.77. The molecular weight excluding hydrogens is 348 g/mol. The molecule has 0 saturated carbocycles. The maximum absolute atomic E-state index is 11.1. The monoisotopic (exact) mass is 374 g/mol. The van der Waals surface area contributed by atoms with E-state index in [1.165, 1.54) is 11.1 Å². The molecule has 0 fully saturated rings. The highest BCUT2D eigenvalue weighted by molar-refractivity contribution is 6.31. The van der Waals surface area contributed by atoms with Crippen molar-refractivity contribution in [3.63, 3.8) is 0 Å². The number of nitrogens with zero attached hydrogens (tertiary/aromatic N) is 2. The normalized spacial score (nSPS) is 16.4. The molecule has 0 saturated heterocycles. The number of aromatic amines is 1. The van der Waals surface area contributed by atoms with Crippen LogP contribution in [0.15, 0.2) is 48.2 Å². The summed E-state index contributed by atoms with van der Waals surface area (Å²) in [5.74, 6) is 0.954. The first-order valence-electron chi connectivity index (χ1n) is 9.77. The van der Waals surface area contributed by atoms with Gasteiger partial charge < -0.3 is 15.0 Å². The van der Waals surface area contributed by atoms with Crippen LogP contribution in [0.4, 0.5) is 5.69 Å². The van der Waals surface area contributed by atoms with E-state index < -0.39 is 5.54 Å². The van der Waals surface area contributed by atoms with E-state index in [0.29, 0.717) is 11.4 Å². The zero-order valence-electron chi connectivity index (χ0n) is 16.8. The summed E-state index contributed by atoms with van der Waals surface area (Å²) in [5.41, 5.74) is 4.84. The molecular formula is C23H26N4O. The van der Waals surface area contributed by atoms with Crippen molar-refractivity contribution in [2.45, 2.75) is 46.1 Å². The fourth-order valence-electron chi connectivity index (χ4n) is 3.94. The van der Waals surface area contributed by atoms with Gasteiger partial charge in [-0.05, 0) is 62.1 Å². The molecule has 1 aliphatic rings. The van der Waals surface area contributed by atoms with Gasteiger partial charge in [0.25, 0.3) is 0 Å². The number of aliphatic hydroxyl groups excluding tert-OH is 1. The smallest absolute Gasteiger partial charge is 0.145 e. The zero-order chi connectivity index (χ0) is 20.1. The SMILES string of the molecule is CCc1cc(CC)cc(N2C(=N)C(c3nc4ccccc4[nH]3)=C(O)C2(C)C)c1. The Kier molecular flexibility index (Phi) is 4.26. The molecule has 1 aromatic heterocycles. The number of benzene rings is 2. The van der Waals surface area contributed by atoms with E-state index in [9.17, 15) is 5.11 Å². The van der Waals surface area contributed by atoms with Crippen molar-refractivity contribution < 1.29 is 5.11 Å². The first-order chi connectivity index (χ1) is 13.4. The van der Waals surface area contributed by atoms with E-state index in [4.69, 9.17) is 5.41 Å². The Morgan fingerprint density at radius 3 is 2.32 bits per heavy atom. The van der Waals surface area contributed by atoms with Crippen molar-refractivity contribution in [1.29, 1.82) is 5.41 Å². The van der Waals surface area contributed by atoms with Gasteiger partial charge in [-0.15, -0.1) is 0 Å². The number of para-hydroxylation sites is 2. The van der Waals surface area contributed by atoms with Crippen molar-refractivity contribution in [3.05, 3.63) is 65.2 Å². The number of anilines is 1. The number of aryl methyl sites for hydroxylation is 2. The van der Waals surface area contributed by atoms with Gasteiger partial charge in [0.1, 0.15) is 17.4 Å². The Hall–Kier alpha value is -3.08. The minimum atomic E-state index is -0.733. The maximum atomic E-state index is 11.1. The third kappa shape index (κ3) is 2.70. The number of fused-ring (bicyclic) bond motifs is 1. The van der Waals surface area contributed by atoms with Crippen LogP contribution in [0, 0.1) is 5.41 Å². The fourth-order valence-corrected chi connectivity index (χ4v) is 3.94. The van der Waals surface area contributed by atoms with E-state index in [0.717, 1.165) is 29.6 Å². The van der Waals surface area contributed by atoms with Gasteiger partial charge in [-0.2, -0.15) is 0 Å². The summed E-state index contributed by atoms with van der Waals surface area (Å²) in [4.78, 5) is 9.78. The number of hydrogen-bond acceptors (Lipinski definition) is 3. The maximum Gasteiger partial charge on any atom is 0.145 e. The second kappa shape index (κ2) is 6.51. The fraction of sp³-hybridized carbons (Fsp3) is 0.304. The van der Waals surface area contributed by atoms with Gasteiger partial charge in [-0.1, -0.05) is 32.0 Å². The van der Waals surface area contributed by atoms with Crippen molar-refractivity contribution in [2.24, 2.45) is 0 Å². The Bertz CT molecular complexity index is 1050. The largest absolute Gasteiger partial charge is 0.509 e. The summed E-state index contributed by atoms with van der Waals surface area (Å²) >= 11 is 0. The van der Waals surface area contributed by atoms with Crippen molar-refractivity contribution in [1.82, 2.24) is 9.97 Å². The van der Waals surface area contributed by atoms with Gasteiger partial charge in [-0.3, -0.25) is 5.41 Å². The zero-order valence-corrected chi connectivity index (χ0v) is 16.8. The molecule has 0 aliphatic carbocycles. The average Bonchev–Trinajstić information content (AvgIpc) is 3.17. The van der Waals surface area contributed by atoms with Gasteiger partial charge in [0.2, 0.25) is 0 Å². The molecule has 144 valence electrons. The molecule has 2 heterocycles. The summed E-state index contributed by atoms with van der Waals surface area (Å²) in [5, 5.41) is 20.0. The van der Waals surface area contributed by atoms with Gasteiger partial charge >= 0.3 is 0 Å². The lowest BCUT2D eigenvalue weighted by Crippen LogP contribution is -2.43. The lowest BCUT2D eigenvalue weighted by molar-refractivity contribution is 0.333. The predicted molar refractivity (Wildman–Crippen MR) is 115 cm³/mol. The molecule has 2 aromatic carbocycles. The molecule has 0 bridgehead atoms. The van der Waals surface area contributed by atoms with Crippen LogP contribution in [0.5, 0.6) is 0 Å². The van der Waals surface area contributed by atoms with E-state index in [1.54, 1.807) is 0 Å². The number of nitrogens with one attached hydrogen (secondary N) is 2. The molecule has 4 rings (SSSR count). The Labute approximate surface area is 165 Å². The summed E-state index contributed by atoms with van der Waals surface area (Å²) in [6, 6.07) is 14.2. The molecule has 0 unspecified atom stereocenters. The number of imidazole rings is 1. The third-order valence-electron chi connectivity index (χ3n) is 5.57. The minimum absolute atomic E-state index is 0.163. The summed E-state index contributed by atoms with van der Waals surface area (Å²) in [6.07, 6.45) is 1.86. The third-order valence-corrected chi connectivity index (χ3v) is 5.57. The van der Waals surface area contributed by atoms with Crippen LogP contribution in [0.1, 0.15) is 44.6 Å².